The maximum absolute atomic E-state index is 12.0. The largest absolute Gasteiger partial charge is 0.396 e. The van der Waals surface area contributed by atoms with Crippen LogP contribution in [0.1, 0.15) is 23.3 Å². The van der Waals surface area contributed by atoms with Gasteiger partial charge in [-0.25, -0.2) is 4.68 Å². The van der Waals surface area contributed by atoms with Crippen LogP contribution in [-0.4, -0.2) is 28.8 Å². The molecule has 0 aliphatic carbocycles. The van der Waals surface area contributed by atoms with Gasteiger partial charge in [-0.3, -0.25) is 4.79 Å². The SMILES string of the molecule is Cc1nn(C(=O)C2CCCNC2)cc1N. The summed E-state index contributed by atoms with van der Waals surface area (Å²) in [6.07, 6.45) is 3.59. The van der Waals surface area contributed by atoms with Crippen LogP contribution in [0, 0.1) is 12.8 Å². The molecule has 1 atom stereocenters. The summed E-state index contributed by atoms with van der Waals surface area (Å²) in [5.41, 5.74) is 6.95. The Morgan fingerprint density at radius 2 is 2.53 bits per heavy atom. The number of carbonyl (C=O) groups is 1. The van der Waals surface area contributed by atoms with Gasteiger partial charge in [-0.05, 0) is 26.3 Å². The number of aryl methyl sites for hydroxylation is 1. The third-order valence-corrected chi connectivity index (χ3v) is 2.81. The maximum Gasteiger partial charge on any atom is 0.251 e. The quantitative estimate of drug-likeness (QED) is 0.701. The molecule has 82 valence electrons. The monoisotopic (exact) mass is 208 g/mol. The Kier molecular flexibility index (Phi) is 2.73. The van der Waals surface area contributed by atoms with Crippen molar-refractivity contribution >= 4 is 11.6 Å². The number of aromatic nitrogens is 2. The van der Waals surface area contributed by atoms with Crippen molar-refractivity contribution in [1.29, 1.82) is 0 Å². The lowest BCUT2D eigenvalue weighted by Crippen LogP contribution is -2.36. The van der Waals surface area contributed by atoms with Gasteiger partial charge in [-0.15, -0.1) is 0 Å². The molecule has 0 bridgehead atoms. The van der Waals surface area contributed by atoms with E-state index in [2.05, 4.69) is 10.4 Å². The fourth-order valence-corrected chi connectivity index (χ4v) is 1.84. The van der Waals surface area contributed by atoms with E-state index in [1.165, 1.54) is 4.68 Å². The standard InChI is InChI=1S/C10H16N4O/c1-7-9(11)6-14(13-7)10(15)8-3-2-4-12-5-8/h6,8,12H,2-5,11H2,1H3. The molecule has 1 aromatic rings. The van der Waals surface area contributed by atoms with E-state index >= 15 is 0 Å². The smallest absolute Gasteiger partial charge is 0.251 e. The third-order valence-electron chi connectivity index (χ3n) is 2.81. The van der Waals surface area contributed by atoms with Crippen molar-refractivity contribution in [2.45, 2.75) is 19.8 Å². The minimum atomic E-state index is 0.0393. The van der Waals surface area contributed by atoms with Crippen LogP contribution in [0.4, 0.5) is 5.69 Å². The molecule has 0 amide bonds. The molecule has 1 aliphatic heterocycles. The lowest BCUT2D eigenvalue weighted by atomic mass is 9.99. The highest BCUT2D eigenvalue weighted by Gasteiger charge is 2.23. The van der Waals surface area contributed by atoms with Gasteiger partial charge < -0.3 is 11.1 Å². The molecule has 1 unspecified atom stereocenters. The van der Waals surface area contributed by atoms with Gasteiger partial charge in [-0.1, -0.05) is 0 Å². The lowest BCUT2D eigenvalue weighted by Gasteiger charge is -2.20. The van der Waals surface area contributed by atoms with Crippen LogP contribution in [0.3, 0.4) is 0 Å². The second-order valence-corrected chi connectivity index (χ2v) is 4.00. The number of hydrogen-bond acceptors (Lipinski definition) is 4. The predicted octanol–water partition coefficient (Wildman–Crippen LogP) is 0.414. The molecular formula is C10H16N4O. The Morgan fingerprint density at radius 1 is 1.73 bits per heavy atom. The molecule has 1 aromatic heterocycles. The molecular weight excluding hydrogens is 192 g/mol. The van der Waals surface area contributed by atoms with Crippen LogP contribution >= 0.6 is 0 Å². The summed E-state index contributed by atoms with van der Waals surface area (Å²) in [5, 5.41) is 7.31. The molecule has 0 spiro atoms. The average molecular weight is 208 g/mol. The molecule has 5 heteroatoms. The molecule has 0 aromatic carbocycles. The Labute approximate surface area is 88.6 Å². The first-order valence-corrected chi connectivity index (χ1v) is 5.25. The summed E-state index contributed by atoms with van der Waals surface area (Å²) in [6.45, 7) is 3.56. The number of nitrogens with zero attached hydrogens (tertiary/aromatic N) is 2. The predicted molar refractivity (Wildman–Crippen MR) is 57.6 cm³/mol. The van der Waals surface area contributed by atoms with Crippen LogP contribution in [-0.2, 0) is 0 Å². The van der Waals surface area contributed by atoms with Crippen LogP contribution in [0.15, 0.2) is 6.20 Å². The first-order valence-electron chi connectivity index (χ1n) is 5.25. The summed E-state index contributed by atoms with van der Waals surface area (Å²) in [4.78, 5) is 12.0. The van der Waals surface area contributed by atoms with E-state index in [0.29, 0.717) is 11.4 Å². The fourth-order valence-electron chi connectivity index (χ4n) is 1.84. The van der Waals surface area contributed by atoms with Crippen molar-refractivity contribution in [1.82, 2.24) is 15.1 Å². The Hall–Kier alpha value is -1.36. The highest BCUT2D eigenvalue weighted by molar-refractivity contribution is 5.81. The second kappa shape index (κ2) is 4.02. The molecule has 2 rings (SSSR count). The van der Waals surface area contributed by atoms with Crippen LogP contribution in [0.5, 0.6) is 0 Å². The number of nitrogens with one attached hydrogen (secondary N) is 1. The van der Waals surface area contributed by atoms with E-state index in [-0.39, 0.29) is 11.8 Å². The number of piperidine rings is 1. The van der Waals surface area contributed by atoms with Crippen molar-refractivity contribution in [2.75, 3.05) is 18.8 Å². The molecule has 3 N–H and O–H groups in total. The van der Waals surface area contributed by atoms with Crippen molar-refractivity contribution in [3.8, 4) is 0 Å². The first-order chi connectivity index (χ1) is 7.18. The average Bonchev–Trinajstić information content (AvgIpc) is 2.59. The Morgan fingerprint density at radius 3 is 3.07 bits per heavy atom. The molecule has 1 fully saturated rings. The van der Waals surface area contributed by atoms with Crippen molar-refractivity contribution in [3.05, 3.63) is 11.9 Å². The van der Waals surface area contributed by atoms with E-state index in [0.717, 1.165) is 25.9 Å². The topological polar surface area (TPSA) is 72.9 Å². The van der Waals surface area contributed by atoms with Gasteiger partial charge in [0.2, 0.25) is 0 Å². The zero-order chi connectivity index (χ0) is 10.8. The number of anilines is 1. The normalized spacial score (nSPS) is 21.5. The Bertz CT molecular complexity index is 346. The fraction of sp³-hybridized carbons (Fsp3) is 0.600. The first kappa shape index (κ1) is 10.2. The van der Waals surface area contributed by atoms with Crippen molar-refractivity contribution < 1.29 is 4.79 Å². The minimum Gasteiger partial charge on any atom is -0.396 e. The summed E-state index contributed by atoms with van der Waals surface area (Å²) in [7, 11) is 0. The second-order valence-electron chi connectivity index (χ2n) is 4.00. The summed E-state index contributed by atoms with van der Waals surface area (Å²) < 4.78 is 1.38. The number of nitrogen functional groups attached to an aromatic ring is 1. The van der Waals surface area contributed by atoms with Gasteiger partial charge in [0.05, 0.1) is 23.5 Å². The summed E-state index contributed by atoms with van der Waals surface area (Å²) in [6, 6.07) is 0. The number of rotatable bonds is 1. The number of hydrogen-bond donors (Lipinski definition) is 2. The maximum atomic E-state index is 12.0. The van der Waals surface area contributed by atoms with Crippen LogP contribution < -0.4 is 11.1 Å². The van der Waals surface area contributed by atoms with Crippen LogP contribution in [0.2, 0.25) is 0 Å². The minimum absolute atomic E-state index is 0.0393. The molecule has 1 saturated heterocycles. The molecule has 0 saturated carbocycles. The van der Waals surface area contributed by atoms with Gasteiger partial charge in [0, 0.05) is 6.54 Å². The molecule has 0 radical (unpaired) electrons. The highest BCUT2D eigenvalue weighted by Crippen LogP contribution is 2.14. The summed E-state index contributed by atoms with van der Waals surface area (Å²) in [5.74, 6) is 0.0828. The van der Waals surface area contributed by atoms with E-state index < -0.39 is 0 Å². The van der Waals surface area contributed by atoms with Crippen LogP contribution in [0.25, 0.3) is 0 Å². The Balaban J connectivity index is 2.12. The van der Waals surface area contributed by atoms with Gasteiger partial charge >= 0.3 is 0 Å². The van der Waals surface area contributed by atoms with E-state index in [1.54, 1.807) is 13.1 Å². The molecule has 5 nitrogen and oxygen atoms in total. The van der Waals surface area contributed by atoms with Crippen molar-refractivity contribution in [3.63, 3.8) is 0 Å². The van der Waals surface area contributed by atoms with E-state index in [1.807, 2.05) is 0 Å². The number of nitrogens with two attached hydrogens (primary N) is 1. The van der Waals surface area contributed by atoms with Gasteiger partial charge in [0.1, 0.15) is 0 Å². The molecule has 15 heavy (non-hydrogen) atoms. The van der Waals surface area contributed by atoms with Crippen molar-refractivity contribution in [2.24, 2.45) is 5.92 Å². The van der Waals surface area contributed by atoms with Gasteiger partial charge in [0.15, 0.2) is 0 Å². The molecule has 2 heterocycles. The van der Waals surface area contributed by atoms with Gasteiger partial charge in [-0.2, -0.15) is 5.10 Å². The zero-order valence-electron chi connectivity index (χ0n) is 8.86. The summed E-state index contributed by atoms with van der Waals surface area (Å²) >= 11 is 0. The third kappa shape index (κ3) is 2.02. The molecule has 1 aliphatic rings. The number of carbonyl (C=O) groups excluding carboxylic acids is 1. The van der Waals surface area contributed by atoms with E-state index in [4.69, 9.17) is 5.73 Å². The zero-order valence-corrected chi connectivity index (χ0v) is 8.86. The lowest BCUT2D eigenvalue weighted by molar-refractivity contribution is 0.0795. The highest BCUT2D eigenvalue weighted by atomic mass is 16.2. The van der Waals surface area contributed by atoms with E-state index in [9.17, 15) is 4.79 Å². The van der Waals surface area contributed by atoms with Gasteiger partial charge in [0.25, 0.3) is 5.91 Å².